The molecule has 0 aliphatic heterocycles. The smallest absolute Gasteiger partial charge is 0.134 e. The molecule has 1 heterocycles. The molecule has 108 valence electrons. The van der Waals surface area contributed by atoms with Gasteiger partial charge in [0, 0.05) is 23.7 Å². The summed E-state index contributed by atoms with van der Waals surface area (Å²) in [6, 6.07) is 6.47. The summed E-state index contributed by atoms with van der Waals surface area (Å²) in [4.78, 5) is 0. The van der Waals surface area contributed by atoms with Gasteiger partial charge in [0.05, 0.1) is 0 Å². The Balaban J connectivity index is 2.14. The van der Waals surface area contributed by atoms with Gasteiger partial charge in [0.15, 0.2) is 0 Å². The number of hydrogen-bond acceptors (Lipinski definition) is 4. The molecule has 2 aromatic rings. The highest BCUT2D eigenvalue weighted by atomic mass is 19.1. The fraction of sp³-hybridized carbons (Fsp3) is 0.400. The molecule has 1 aromatic heterocycles. The SMILES string of the molecule is CCNC(C)c1ccc(F)cc1OCc1cc(C)on1. The molecule has 5 heteroatoms. The van der Waals surface area contributed by atoms with Crippen molar-refractivity contribution >= 4 is 0 Å². The Labute approximate surface area is 117 Å². The zero-order valence-corrected chi connectivity index (χ0v) is 11.9. The zero-order valence-electron chi connectivity index (χ0n) is 11.9. The van der Waals surface area contributed by atoms with Crippen LogP contribution in [0.3, 0.4) is 0 Å². The predicted octanol–water partition coefficient (Wildman–Crippen LogP) is 3.37. The molecule has 0 saturated heterocycles. The summed E-state index contributed by atoms with van der Waals surface area (Å²) >= 11 is 0. The van der Waals surface area contributed by atoms with Crippen molar-refractivity contribution in [2.45, 2.75) is 33.4 Å². The summed E-state index contributed by atoms with van der Waals surface area (Å²) in [5, 5.41) is 7.14. The van der Waals surface area contributed by atoms with E-state index < -0.39 is 0 Å². The Hall–Kier alpha value is -1.88. The lowest BCUT2D eigenvalue weighted by Crippen LogP contribution is -2.18. The van der Waals surface area contributed by atoms with Crippen LogP contribution in [0.25, 0.3) is 0 Å². The number of aryl methyl sites for hydroxylation is 1. The average Bonchev–Trinajstić information content (AvgIpc) is 2.82. The van der Waals surface area contributed by atoms with E-state index in [9.17, 15) is 4.39 Å². The first-order valence-electron chi connectivity index (χ1n) is 6.68. The van der Waals surface area contributed by atoms with Gasteiger partial charge in [-0.1, -0.05) is 18.1 Å². The van der Waals surface area contributed by atoms with Crippen LogP contribution < -0.4 is 10.1 Å². The molecule has 1 unspecified atom stereocenters. The van der Waals surface area contributed by atoms with Gasteiger partial charge in [-0.25, -0.2) is 4.39 Å². The van der Waals surface area contributed by atoms with Crippen molar-refractivity contribution in [3.63, 3.8) is 0 Å². The van der Waals surface area contributed by atoms with Crippen molar-refractivity contribution in [2.75, 3.05) is 6.54 Å². The quantitative estimate of drug-likeness (QED) is 0.880. The molecule has 0 aliphatic carbocycles. The molecule has 0 radical (unpaired) electrons. The maximum absolute atomic E-state index is 13.4. The van der Waals surface area contributed by atoms with Gasteiger partial charge in [-0.05, 0) is 26.5 Å². The number of benzene rings is 1. The number of ether oxygens (including phenoxy) is 1. The van der Waals surface area contributed by atoms with Crippen LogP contribution in [0.2, 0.25) is 0 Å². The maximum atomic E-state index is 13.4. The first-order valence-corrected chi connectivity index (χ1v) is 6.68. The van der Waals surface area contributed by atoms with Gasteiger partial charge in [0.25, 0.3) is 0 Å². The molecule has 0 amide bonds. The number of aromatic nitrogens is 1. The summed E-state index contributed by atoms with van der Waals surface area (Å²) in [6.07, 6.45) is 0. The van der Waals surface area contributed by atoms with Crippen molar-refractivity contribution in [3.05, 3.63) is 47.1 Å². The minimum Gasteiger partial charge on any atom is -0.487 e. The number of hydrogen-bond donors (Lipinski definition) is 1. The van der Waals surface area contributed by atoms with E-state index in [1.807, 2.05) is 20.8 Å². The Kier molecular flexibility index (Phi) is 4.74. The molecule has 4 nitrogen and oxygen atoms in total. The number of nitrogens with one attached hydrogen (secondary N) is 1. The lowest BCUT2D eigenvalue weighted by molar-refractivity contribution is 0.281. The zero-order chi connectivity index (χ0) is 14.5. The second-order valence-corrected chi connectivity index (χ2v) is 4.68. The third-order valence-electron chi connectivity index (χ3n) is 3.00. The highest BCUT2D eigenvalue weighted by Gasteiger charge is 2.13. The predicted molar refractivity (Wildman–Crippen MR) is 74.1 cm³/mol. The number of nitrogens with zero attached hydrogens (tertiary/aromatic N) is 1. The first-order chi connectivity index (χ1) is 9.60. The van der Waals surface area contributed by atoms with Crippen molar-refractivity contribution in [1.29, 1.82) is 0 Å². The van der Waals surface area contributed by atoms with Gasteiger partial charge < -0.3 is 14.6 Å². The number of halogens is 1. The maximum Gasteiger partial charge on any atom is 0.134 e. The molecule has 20 heavy (non-hydrogen) atoms. The highest BCUT2D eigenvalue weighted by molar-refractivity contribution is 5.36. The molecular weight excluding hydrogens is 259 g/mol. The molecule has 1 aromatic carbocycles. The lowest BCUT2D eigenvalue weighted by Gasteiger charge is -2.17. The molecule has 2 rings (SSSR count). The van der Waals surface area contributed by atoms with Crippen LogP contribution in [0.4, 0.5) is 4.39 Å². The van der Waals surface area contributed by atoms with Crippen LogP contribution in [-0.4, -0.2) is 11.7 Å². The first kappa shape index (κ1) is 14.5. The van der Waals surface area contributed by atoms with E-state index in [-0.39, 0.29) is 18.5 Å². The third kappa shape index (κ3) is 3.57. The van der Waals surface area contributed by atoms with Gasteiger partial charge in [-0.15, -0.1) is 0 Å². The van der Waals surface area contributed by atoms with E-state index in [1.165, 1.54) is 12.1 Å². The van der Waals surface area contributed by atoms with Gasteiger partial charge >= 0.3 is 0 Å². The van der Waals surface area contributed by atoms with Crippen molar-refractivity contribution in [1.82, 2.24) is 10.5 Å². The minimum absolute atomic E-state index is 0.0923. The van der Waals surface area contributed by atoms with E-state index in [0.29, 0.717) is 11.4 Å². The Bertz CT molecular complexity index is 569. The second-order valence-electron chi connectivity index (χ2n) is 4.68. The van der Waals surface area contributed by atoms with Crippen LogP contribution in [0, 0.1) is 12.7 Å². The van der Waals surface area contributed by atoms with Crippen LogP contribution in [-0.2, 0) is 6.61 Å². The van der Waals surface area contributed by atoms with E-state index in [2.05, 4.69) is 10.5 Å². The standard InChI is InChI=1S/C15H19FN2O2/c1-4-17-11(3)14-6-5-12(16)8-15(14)19-9-13-7-10(2)20-18-13/h5-8,11,17H,4,9H2,1-3H3. The van der Waals surface area contributed by atoms with Crippen molar-refractivity contribution in [3.8, 4) is 5.75 Å². The Morgan fingerprint density at radius 2 is 2.20 bits per heavy atom. The number of rotatable bonds is 6. The second kappa shape index (κ2) is 6.52. The largest absolute Gasteiger partial charge is 0.487 e. The van der Waals surface area contributed by atoms with Crippen LogP contribution in [0.1, 0.15) is 36.9 Å². The summed E-state index contributed by atoms with van der Waals surface area (Å²) < 4.78 is 24.1. The molecule has 0 bridgehead atoms. The molecule has 0 spiro atoms. The van der Waals surface area contributed by atoms with E-state index >= 15 is 0 Å². The summed E-state index contributed by atoms with van der Waals surface area (Å²) in [5.74, 6) is 0.937. The van der Waals surface area contributed by atoms with Crippen molar-refractivity contribution < 1.29 is 13.7 Å². The minimum atomic E-state index is -0.316. The molecule has 1 N–H and O–H groups in total. The Morgan fingerprint density at radius 1 is 1.40 bits per heavy atom. The highest BCUT2D eigenvalue weighted by Crippen LogP contribution is 2.26. The van der Waals surface area contributed by atoms with E-state index in [4.69, 9.17) is 9.26 Å². The van der Waals surface area contributed by atoms with E-state index in [1.54, 1.807) is 12.1 Å². The normalized spacial score (nSPS) is 12.4. The lowest BCUT2D eigenvalue weighted by atomic mass is 10.1. The van der Waals surface area contributed by atoms with Gasteiger partial charge in [-0.2, -0.15) is 0 Å². The average molecular weight is 278 g/mol. The third-order valence-corrected chi connectivity index (χ3v) is 3.00. The summed E-state index contributed by atoms with van der Waals surface area (Å²) in [5.41, 5.74) is 1.61. The topological polar surface area (TPSA) is 47.3 Å². The van der Waals surface area contributed by atoms with Gasteiger partial charge in [0.2, 0.25) is 0 Å². The van der Waals surface area contributed by atoms with E-state index in [0.717, 1.165) is 17.9 Å². The molecule has 0 saturated carbocycles. The molecule has 0 aliphatic rings. The Morgan fingerprint density at radius 3 is 2.85 bits per heavy atom. The van der Waals surface area contributed by atoms with Crippen LogP contribution in [0.15, 0.2) is 28.8 Å². The van der Waals surface area contributed by atoms with Crippen LogP contribution >= 0.6 is 0 Å². The fourth-order valence-electron chi connectivity index (χ4n) is 2.04. The molecule has 0 fully saturated rings. The van der Waals surface area contributed by atoms with Crippen LogP contribution in [0.5, 0.6) is 5.75 Å². The van der Waals surface area contributed by atoms with Gasteiger partial charge in [0.1, 0.15) is 29.6 Å². The van der Waals surface area contributed by atoms with Crippen molar-refractivity contribution in [2.24, 2.45) is 0 Å². The van der Waals surface area contributed by atoms with Gasteiger partial charge in [-0.3, -0.25) is 0 Å². The summed E-state index contributed by atoms with van der Waals surface area (Å²) in [6.45, 7) is 6.95. The fourth-order valence-corrected chi connectivity index (χ4v) is 2.04. The molecule has 1 atom stereocenters. The molecular formula is C15H19FN2O2. The monoisotopic (exact) mass is 278 g/mol. The summed E-state index contributed by atoms with van der Waals surface area (Å²) in [7, 11) is 0.